The molecule has 0 saturated heterocycles. The minimum absolute atomic E-state index is 0. The average molecular weight is 421 g/mol. The highest BCUT2D eigenvalue weighted by Crippen LogP contribution is 2.28. The monoisotopic (exact) mass is 420 g/mol. The maximum atomic E-state index is 11.9. The molecule has 5 heteroatoms. The van der Waals surface area contributed by atoms with Crippen LogP contribution in [0.3, 0.4) is 0 Å². The normalized spacial score (nSPS) is 10.6. The van der Waals surface area contributed by atoms with Gasteiger partial charge in [0.2, 0.25) is 0 Å². The Hall–Kier alpha value is -3.11. The van der Waals surface area contributed by atoms with E-state index in [9.17, 15) is 4.79 Å². The second-order valence-electron chi connectivity index (χ2n) is 7.12. The van der Waals surface area contributed by atoms with Gasteiger partial charge in [0.25, 0.3) is 0 Å². The number of para-hydroxylation sites is 1. The summed E-state index contributed by atoms with van der Waals surface area (Å²) < 4.78 is 7.42. The summed E-state index contributed by atoms with van der Waals surface area (Å²) in [5.74, 6) is -0.277. The molecular weight excluding hydrogens is 396 g/mol. The van der Waals surface area contributed by atoms with E-state index in [0.717, 1.165) is 18.5 Å². The molecule has 30 heavy (non-hydrogen) atoms. The van der Waals surface area contributed by atoms with Crippen molar-refractivity contribution in [2.24, 2.45) is 0 Å². The summed E-state index contributed by atoms with van der Waals surface area (Å²) in [6, 6.07) is 20.3. The van der Waals surface area contributed by atoms with Crippen molar-refractivity contribution in [3.05, 3.63) is 101 Å². The SMILES string of the molecule is CCOC(=O)c1ccc(Cn2c(C)c(Cc3cccnc3)c3ccccc32)cc1.Cl. The van der Waals surface area contributed by atoms with E-state index in [1.54, 1.807) is 6.20 Å². The topological polar surface area (TPSA) is 44.1 Å². The highest BCUT2D eigenvalue weighted by Gasteiger charge is 2.15. The standard InChI is InChI=1S/C25H24N2O2.ClH/c1-3-29-25(28)21-12-10-19(11-13-21)17-27-18(2)23(15-20-7-6-14-26-16-20)22-8-4-5-9-24(22)27;/h4-14,16H,3,15,17H2,1-2H3;1H. The van der Waals surface area contributed by atoms with Crippen molar-refractivity contribution in [3.63, 3.8) is 0 Å². The number of aromatic nitrogens is 2. The number of hydrogen-bond acceptors (Lipinski definition) is 3. The second-order valence-corrected chi connectivity index (χ2v) is 7.12. The molecular formula is C25H25ClN2O2. The van der Waals surface area contributed by atoms with Crippen LogP contribution < -0.4 is 0 Å². The molecule has 0 aliphatic rings. The zero-order valence-electron chi connectivity index (χ0n) is 17.2. The van der Waals surface area contributed by atoms with Gasteiger partial charge in [0.1, 0.15) is 0 Å². The number of nitrogens with zero attached hydrogens (tertiary/aromatic N) is 2. The van der Waals surface area contributed by atoms with Crippen LogP contribution in [0.1, 0.15) is 39.7 Å². The molecule has 0 aliphatic carbocycles. The van der Waals surface area contributed by atoms with Gasteiger partial charge in [-0.05, 0) is 54.8 Å². The van der Waals surface area contributed by atoms with Gasteiger partial charge in [-0.15, -0.1) is 12.4 Å². The molecule has 2 heterocycles. The van der Waals surface area contributed by atoms with Crippen LogP contribution in [0, 0.1) is 6.92 Å². The number of halogens is 1. The Morgan fingerprint density at radius 1 is 1.00 bits per heavy atom. The lowest BCUT2D eigenvalue weighted by atomic mass is 10.0. The molecule has 0 amide bonds. The number of rotatable bonds is 6. The summed E-state index contributed by atoms with van der Waals surface area (Å²) in [5, 5.41) is 1.27. The van der Waals surface area contributed by atoms with Crippen LogP contribution in [0.2, 0.25) is 0 Å². The van der Waals surface area contributed by atoms with E-state index in [4.69, 9.17) is 4.74 Å². The first-order chi connectivity index (χ1) is 14.2. The summed E-state index contributed by atoms with van der Waals surface area (Å²) in [6.07, 6.45) is 4.59. The van der Waals surface area contributed by atoms with Crippen molar-refractivity contribution in [3.8, 4) is 0 Å². The van der Waals surface area contributed by atoms with Gasteiger partial charge in [0, 0.05) is 42.0 Å². The van der Waals surface area contributed by atoms with E-state index in [1.807, 2.05) is 43.5 Å². The Morgan fingerprint density at radius 2 is 1.77 bits per heavy atom. The first-order valence-corrected chi connectivity index (χ1v) is 9.89. The molecule has 154 valence electrons. The van der Waals surface area contributed by atoms with Crippen molar-refractivity contribution in [2.75, 3.05) is 6.61 Å². The van der Waals surface area contributed by atoms with Gasteiger partial charge in [-0.3, -0.25) is 4.98 Å². The van der Waals surface area contributed by atoms with Gasteiger partial charge in [-0.1, -0.05) is 36.4 Å². The van der Waals surface area contributed by atoms with E-state index < -0.39 is 0 Å². The summed E-state index contributed by atoms with van der Waals surface area (Å²) in [5.41, 5.74) is 6.74. The van der Waals surface area contributed by atoms with Crippen LogP contribution in [0.25, 0.3) is 10.9 Å². The van der Waals surface area contributed by atoms with Crippen LogP contribution in [0.15, 0.2) is 73.1 Å². The van der Waals surface area contributed by atoms with Crippen LogP contribution in [0.5, 0.6) is 0 Å². The minimum Gasteiger partial charge on any atom is -0.462 e. The van der Waals surface area contributed by atoms with Gasteiger partial charge in [0.15, 0.2) is 0 Å². The van der Waals surface area contributed by atoms with Crippen molar-refractivity contribution in [1.82, 2.24) is 9.55 Å². The summed E-state index contributed by atoms with van der Waals surface area (Å²) in [6.45, 7) is 5.13. The molecule has 0 unspecified atom stereocenters. The first-order valence-electron chi connectivity index (χ1n) is 9.89. The van der Waals surface area contributed by atoms with Crippen LogP contribution >= 0.6 is 12.4 Å². The Labute approximate surface area is 182 Å². The second kappa shape index (κ2) is 9.59. The fourth-order valence-corrected chi connectivity index (χ4v) is 3.78. The van der Waals surface area contributed by atoms with Gasteiger partial charge < -0.3 is 9.30 Å². The number of carbonyl (C=O) groups excluding carboxylic acids is 1. The molecule has 4 rings (SSSR count). The van der Waals surface area contributed by atoms with Crippen molar-refractivity contribution < 1.29 is 9.53 Å². The number of hydrogen-bond donors (Lipinski definition) is 0. The third kappa shape index (κ3) is 4.39. The Kier molecular flexibility index (Phi) is 6.91. The molecule has 2 aromatic heterocycles. The van der Waals surface area contributed by atoms with E-state index >= 15 is 0 Å². The summed E-state index contributed by atoms with van der Waals surface area (Å²) in [7, 11) is 0. The smallest absolute Gasteiger partial charge is 0.338 e. The molecule has 2 aromatic carbocycles. The van der Waals surface area contributed by atoms with Gasteiger partial charge in [0.05, 0.1) is 12.2 Å². The van der Waals surface area contributed by atoms with Crippen LogP contribution in [0.4, 0.5) is 0 Å². The predicted molar refractivity (Wildman–Crippen MR) is 122 cm³/mol. The minimum atomic E-state index is -0.277. The molecule has 0 bridgehead atoms. The highest BCUT2D eigenvalue weighted by atomic mass is 35.5. The predicted octanol–water partition coefficient (Wildman–Crippen LogP) is 5.58. The fourth-order valence-electron chi connectivity index (χ4n) is 3.78. The molecule has 4 nitrogen and oxygen atoms in total. The Bertz CT molecular complexity index is 1140. The number of fused-ring (bicyclic) bond motifs is 1. The van der Waals surface area contributed by atoms with E-state index in [0.29, 0.717) is 12.2 Å². The zero-order chi connectivity index (χ0) is 20.2. The summed E-state index contributed by atoms with van der Waals surface area (Å²) in [4.78, 5) is 16.1. The molecule has 0 atom stereocenters. The lowest BCUT2D eigenvalue weighted by molar-refractivity contribution is 0.0526. The van der Waals surface area contributed by atoms with Crippen molar-refractivity contribution in [2.45, 2.75) is 26.8 Å². The molecule has 0 saturated carbocycles. The molecule has 0 fully saturated rings. The first kappa shape index (κ1) is 21.6. The lowest BCUT2D eigenvalue weighted by Gasteiger charge is -2.10. The lowest BCUT2D eigenvalue weighted by Crippen LogP contribution is -2.06. The summed E-state index contributed by atoms with van der Waals surface area (Å²) >= 11 is 0. The molecule has 0 N–H and O–H groups in total. The number of carbonyl (C=O) groups is 1. The molecule has 0 spiro atoms. The van der Waals surface area contributed by atoms with Crippen LogP contribution in [-0.4, -0.2) is 22.1 Å². The van der Waals surface area contributed by atoms with Gasteiger partial charge in [-0.25, -0.2) is 4.79 Å². The Morgan fingerprint density at radius 3 is 2.47 bits per heavy atom. The number of esters is 1. The van der Waals surface area contributed by atoms with Crippen LogP contribution in [-0.2, 0) is 17.7 Å². The van der Waals surface area contributed by atoms with Gasteiger partial charge >= 0.3 is 5.97 Å². The van der Waals surface area contributed by atoms with E-state index in [1.165, 1.54) is 27.7 Å². The van der Waals surface area contributed by atoms with Gasteiger partial charge in [-0.2, -0.15) is 0 Å². The largest absolute Gasteiger partial charge is 0.462 e. The molecule has 4 aromatic rings. The third-order valence-electron chi connectivity index (χ3n) is 5.27. The number of pyridine rings is 1. The third-order valence-corrected chi connectivity index (χ3v) is 5.27. The van der Waals surface area contributed by atoms with E-state index in [2.05, 4.69) is 46.8 Å². The van der Waals surface area contributed by atoms with Crippen molar-refractivity contribution in [1.29, 1.82) is 0 Å². The average Bonchev–Trinajstić information content (AvgIpc) is 3.01. The molecule has 0 radical (unpaired) electrons. The maximum absolute atomic E-state index is 11.9. The number of benzene rings is 2. The van der Waals surface area contributed by atoms with E-state index in [-0.39, 0.29) is 18.4 Å². The van der Waals surface area contributed by atoms with Crippen molar-refractivity contribution >= 4 is 29.3 Å². The Balaban J connectivity index is 0.00000256. The zero-order valence-corrected chi connectivity index (χ0v) is 18.0. The molecule has 0 aliphatic heterocycles. The fraction of sp³-hybridized carbons (Fsp3) is 0.200. The number of ether oxygens (including phenoxy) is 1. The quantitative estimate of drug-likeness (QED) is 0.382. The highest BCUT2D eigenvalue weighted by molar-refractivity contribution is 5.89. The maximum Gasteiger partial charge on any atom is 0.338 e.